The molecule has 1 N–H and O–H groups in total. The summed E-state index contributed by atoms with van der Waals surface area (Å²) in [5, 5.41) is 9.92. The van der Waals surface area contributed by atoms with Gasteiger partial charge in [-0.25, -0.2) is 0 Å². The van der Waals surface area contributed by atoms with Gasteiger partial charge in [0.25, 0.3) is 0 Å². The predicted molar refractivity (Wildman–Crippen MR) is 140 cm³/mol. The van der Waals surface area contributed by atoms with E-state index in [0.717, 1.165) is 43.4 Å². The molecule has 3 nitrogen and oxygen atoms in total. The van der Waals surface area contributed by atoms with Gasteiger partial charge in [0.15, 0.2) is 0 Å². The molecule has 3 saturated carbocycles. The van der Waals surface area contributed by atoms with Crippen molar-refractivity contribution in [3.05, 3.63) is 11.6 Å². The molecule has 0 bridgehead atoms. The Morgan fingerprint density at radius 1 is 1.00 bits per heavy atom. The molecule has 4 rings (SSSR count). The summed E-state index contributed by atoms with van der Waals surface area (Å²) in [4.78, 5) is 12.1. The Balaban J connectivity index is 1.59. The van der Waals surface area contributed by atoms with E-state index in [2.05, 4.69) is 61.5 Å². The molecule has 4 aliphatic carbocycles. The third-order valence-electron chi connectivity index (χ3n) is 12.1. The molecule has 0 aromatic rings. The smallest absolute Gasteiger partial charge is 0.307 e. The Bertz CT molecular complexity index is 836. The van der Waals surface area contributed by atoms with Gasteiger partial charge in [-0.1, -0.05) is 53.2 Å². The number of carboxylic acid groups (broad SMARTS) is 1. The SMILES string of the molecule is COC(C)(C)CCC(C)(C)C1CCC2C3CC=C4C(C)(C)C(C(=O)O)CCC4(C)C3CCC21C. The van der Waals surface area contributed by atoms with Gasteiger partial charge in [-0.2, -0.15) is 0 Å². The Morgan fingerprint density at radius 3 is 2.29 bits per heavy atom. The topological polar surface area (TPSA) is 46.5 Å². The average Bonchev–Trinajstić information content (AvgIpc) is 3.10. The van der Waals surface area contributed by atoms with E-state index in [-0.39, 0.29) is 22.3 Å². The van der Waals surface area contributed by atoms with Crippen LogP contribution in [0.15, 0.2) is 11.6 Å². The molecule has 0 aromatic heterocycles. The number of aliphatic carboxylic acids is 1. The van der Waals surface area contributed by atoms with E-state index in [1.807, 2.05) is 7.11 Å². The summed E-state index contributed by atoms with van der Waals surface area (Å²) in [5.41, 5.74) is 2.12. The number of methoxy groups -OCH3 is 1. The quantitative estimate of drug-likeness (QED) is 0.397. The minimum Gasteiger partial charge on any atom is -0.481 e. The number of carbonyl (C=O) groups is 1. The summed E-state index contributed by atoms with van der Waals surface area (Å²) < 4.78 is 5.76. The Labute approximate surface area is 209 Å². The van der Waals surface area contributed by atoms with Gasteiger partial charge in [0.2, 0.25) is 0 Å². The summed E-state index contributed by atoms with van der Waals surface area (Å²) in [5.74, 6) is 2.21. The maximum atomic E-state index is 12.1. The third-order valence-corrected chi connectivity index (χ3v) is 12.1. The average molecular weight is 473 g/mol. The number of hydrogen-bond donors (Lipinski definition) is 1. The molecule has 4 aliphatic rings. The lowest BCUT2D eigenvalue weighted by molar-refractivity contribution is -0.149. The molecule has 3 heteroatoms. The molecular weight excluding hydrogens is 420 g/mol. The fraction of sp³-hybridized carbons (Fsp3) is 0.903. The maximum absolute atomic E-state index is 12.1. The van der Waals surface area contributed by atoms with Crippen molar-refractivity contribution in [2.75, 3.05) is 7.11 Å². The number of allylic oxidation sites excluding steroid dienone is 2. The van der Waals surface area contributed by atoms with Gasteiger partial charge in [0.1, 0.15) is 0 Å². The van der Waals surface area contributed by atoms with Crippen molar-refractivity contribution in [3.8, 4) is 0 Å². The molecule has 0 heterocycles. The van der Waals surface area contributed by atoms with E-state index in [1.165, 1.54) is 37.7 Å². The maximum Gasteiger partial charge on any atom is 0.307 e. The second-order valence-electron chi connectivity index (χ2n) is 14.9. The third kappa shape index (κ3) is 3.91. The molecule has 0 saturated heterocycles. The summed E-state index contributed by atoms with van der Waals surface area (Å²) in [6.45, 7) is 19.1. The largest absolute Gasteiger partial charge is 0.481 e. The highest BCUT2D eigenvalue weighted by atomic mass is 16.5. The van der Waals surface area contributed by atoms with E-state index < -0.39 is 5.97 Å². The Morgan fingerprint density at radius 2 is 1.68 bits per heavy atom. The first-order valence-corrected chi connectivity index (χ1v) is 14.1. The highest BCUT2D eigenvalue weighted by molar-refractivity contribution is 5.72. The number of carboxylic acids is 1. The van der Waals surface area contributed by atoms with Crippen LogP contribution in [0.2, 0.25) is 0 Å². The zero-order valence-corrected chi connectivity index (χ0v) is 23.6. The normalized spacial score (nSPS) is 41.8. The fourth-order valence-corrected chi connectivity index (χ4v) is 10.0. The van der Waals surface area contributed by atoms with Crippen LogP contribution in [-0.4, -0.2) is 23.8 Å². The lowest BCUT2D eigenvalue weighted by Gasteiger charge is -2.62. The molecule has 7 atom stereocenters. The summed E-state index contributed by atoms with van der Waals surface area (Å²) in [7, 11) is 1.85. The van der Waals surface area contributed by atoms with Crippen LogP contribution in [0.1, 0.15) is 113 Å². The van der Waals surface area contributed by atoms with Crippen LogP contribution < -0.4 is 0 Å². The molecule has 3 fully saturated rings. The second-order valence-corrected chi connectivity index (χ2v) is 14.9. The minimum absolute atomic E-state index is 0.0470. The van der Waals surface area contributed by atoms with Crippen molar-refractivity contribution in [2.24, 2.45) is 51.2 Å². The van der Waals surface area contributed by atoms with Crippen LogP contribution in [0.25, 0.3) is 0 Å². The zero-order chi connectivity index (χ0) is 25.3. The van der Waals surface area contributed by atoms with Crippen molar-refractivity contribution in [1.82, 2.24) is 0 Å². The first-order valence-electron chi connectivity index (χ1n) is 14.1. The zero-order valence-electron chi connectivity index (χ0n) is 23.6. The first kappa shape index (κ1) is 26.2. The van der Waals surface area contributed by atoms with Crippen LogP contribution in [-0.2, 0) is 9.53 Å². The molecule has 0 aromatic carbocycles. The van der Waals surface area contributed by atoms with E-state index in [4.69, 9.17) is 4.74 Å². The monoisotopic (exact) mass is 472 g/mol. The van der Waals surface area contributed by atoms with Gasteiger partial charge in [-0.3, -0.25) is 4.79 Å². The summed E-state index contributed by atoms with van der Waals surface area (Å²) in [6, 6.07) is 0. The molecule has 0 spiro atoms. The molecule has 0 amide bonds. The molecule has 0 radical (unpaired) electrons. The van der Waals surface area contributed by atoms with Crippen molar-refractivity contribution >= 4 is 5.97 Å². The van der Waals surface area contributed by atoms with E-state index in [1.54, 1.807) is 0 Å². The Hall–Kier alpha value is -0.830. The number of fused-ring (bicyclic) bond motifs is 5. The predicted octanol–water partition coefficient (Wildman–Crippen LogP) is 8.13. The lowest BCUT2D eigenvalue weighted by atomic mass is 9.43. The standard InChI is InChI=1S/C31H52O3/c1-27(2,18-19-28(3,4)34-9)24-13-11-21-20-10-12-25-29(5,6)23(26(32)33)15-17-31(25,8)22(20)14-16-30(21,24)7/h12,20-24H,10-11,13-19H2,1-9H3,(H,32,33). The van der Waals surface area contributed by atoms with E-state index in [0.29, 0.717) is 16.7 Å². The first-order chi connectivity index (χ1) is 15.6. The number of rotatable bonds is 6. The number of hydrogen-bond acceptors (Lipinski definition) is 2. The fourth-order valence-electron chi connectivity index (χ4n) is 10.0. The van der Waals surface area contributed by atoms with Crippen molar-refractivity contribution in [2.45, 2.75) is 119 Å². The molecule has 34 heavy (non-hydrogen) atoms. The van der Waals surface area contributed by atoms with Gasteiger partial charge < -0.3 is 9.84 Å². The van der Waals surface area contributed by atoms with Crippen LogP contribution in [0.4, 0.5) is 0 Å². The van der Waals surface area contributed by atoms with Crippen LogP contribution >= 0.6 is 0 Å². The summed E-state index contributed by atoms with van der Waals surface area (Å²) >= 11 is 0. The van der Waals surface area contributed by atoms with Crippen LogP contribution in [0, 0.1) is 51.2 Å². The van der Waals surface area contributed by atoms with Gasteiger partial charge >= 0.3 is 5.97 Å². The highest BCUT2D eigenvalue weighted by Crippen LogP contribution is 2.70. The summed E-state index contributed by atoms with van der Waals surface area (Å²) in [6.07, 6.45) is 13.3. The van der Waals surface area contributed by atoms with Gasteiger partial charge in [-0.15, -0.1) is 0 Å². The van der Waals surface area contributed by atoms with Gasteiger partial charge in [0, 0.05) is 7.11 Å². The number of ether oxygens (including phenoxy) is 1. The van der Waals surface area contributed by atoms with Crippen LogP contribution in [0.3, 0.4) is 0 Å². The molecule has 194 valence electrons. The van der Waals surface area contributed by atoms with Crippen LogP contribution in [0.5, 0.6) is 0 Å². The molecule has 7 unspecified atom stereocenters. The minimum atomic E-state index is -0.608. The van der Waals surface area contributed by atoms with Crippen molar-refractivity contribution < 1.29 is 14.6 Å². The van der Waals surface area contributed by atoms with Crippen molar-refractivity contribution in [3.63, 3.8) is 0 Å². The van der Waals surface area contributed by atoms with E-state index >= 15 is 0 Å². The van der Waals surface area contributed by atoms with Gasteiger partial charge in [0.05, 0.1) is 11.5 Å². The molecule has 0 aliphatic heterocycles. The second kappa shape index (κ2) is 8.35. The van der Waals surface area contributed by atoms with Crippen molar-refractivity contribution in [1.29, 1.82) is 0 Å². The Kier molecular flexibility index (Phi) is 6.45. The molecular formula is C31H52O3. The highest BCUT2D eigenvalue weighted by Gasteiger charge is 2.62. The lowest BCUT2D eigenvalue weighted by Crippen LogP contribution is -2.54. The van der Waals surface area contributed by atoms with E-state index in [9.17, 15) is 9.90 Å². The van der Waals surface area contributed by atoms with Gasteiger partial charge in [-0.05, 0) is 117 Å².